The number of rotatable bonds is 5. The highest BCUT2D eigenvalue weighted by molar-refractivity contribution is 5.79. The number of carbonyl (C=O) groups excluding carboxylic acids is 1. The molecule has 2 atom stereocenters. The number of morpholine rings is 1. The van der Waals surface area contributed by atoms with Gasteiger partial charge in [-0.2, -0.15) is 0 Å². The van der Waals surface area contributed by atoms with Crippen molar-refractivity contribution in [1.29, 1.82) is 0 Å². The van der Waals surface area contributed by atoms with Crippen molar-refractivity contribution < 1.29 is 9.53 Å². The summed E-state index contributed by atoms with van der Waals surface area (Å²) >= 11 is 0. The van der Waals surface area contributed by atoms with Crippen molar-refractivity contribution in [2.45, 2.75) is 25.8 Å². The van der Waals surface area contributed by atoms with Gasteiger partial charge in [-0.15, -0.1) is 0 Å². The maximum atomic E-state index is 13.1. The van der Waals surface area contributed by atoms with Gasteiger partial charge in [-0.05, 0) is 25.2 Å². The van der Waals surface area contributed by atoms with E-state index in [4.69, 9.17) is 4.74 Å². The molecule has 4 heterocycles. The molecule has 0 aromatic carbocycles. The van der Waals surface area contributed by atoms with E-state index >= 15 is 0 Å². The molecule has 0 radical (unpaired) electrons. The van der Waals surface area contributed by atoms with Gasteiger partial charge in [0.25, 0.3) is 0 Å². The maximum absolute atomic E-state index is 13.1. The molecule has 3 fully saturated rings. The maximum Gasteiger partial charge on any atom is 0.226 e. The number of aryl methyl sites for hydroxylation is 1. The SMILES string of the molecule is Cn1ccnc1CN1C[C@@H](CN2CCOCC2)C[C@@H](C(=O)N2CCCC2)C1. The molecule has 7 heteroatoms. The van der Waals surface area contributed by atoms with Crippen LogP contribution in [-0.2, 0) is 23.1 Å². The van der Waals surface area contributed by atoms with Crippen molar-refractivity contribution >= 4 is 5.91 Å². The highest BCUT2D eigenvalue weighted by atomic mass is 16.5. The zero-order chi connectivity index (χ0) is 18.6. The number of aromatic nitrogens is 2. The van der Waals surface area contributed by atoms with E-state index in [1.165, 1.54) is 0 Å². The van der Waals surface area contributed by atoms with Crippen LogP contribution in [0.1, 0.15) is 25.1 Å². The van der Waals surface area contributed by atoms with Gasteiger partial charge >= 0.3 is 0 Å². The lowest BCUT2D eigenvalue weighted by atomic mass is 9.87. The first-order chi connectivity index (χ1) is 13.2. The number of hydrogen-bond acceptors (Lipinski definition) is 5. The monoisotopic (exact) mass is 375 g/mol. The summed E-state index contributed by atoms with van der Waals surface area (Å²) < 4.78 is 7.58. The van der Waals surface area contributed by atoms with Crippen LogP contribution in [0.4, 0.5) is 0 Å². The molecule has 0 spiro atoms. The van der Waals surface area contributed by atoms with Gasteiger partial charge in [-0.1, -0.05) is 0 Å². The van der Waals surface area contributed by atoms with Gasteiger partial charge in [0.05, 0.1) is 25.7 Å². The second kappa shape index (κ2) is 8.71. The molecule has 1 aromatic heterocycles. The minimum Gasteiger partial charge on any atom is -0.379 e. The van der Waals surface area contributed by atoms with Crippen LogP contribution in [0.5, 0.6) is 0 Å². The van der Waals surface area contributed by atoms with Crippen molar-refractivity contribution in [3.8, 4) is 0 Å². The normalized spacial score (nSPS) is 28.0. The molecule has 0 saturated carbocycles. The van der Waals surface area contributed by atoms with E-state index in [9.17, 15) is 4.79 Å². The number of carbonyl (C=O) groups is 1. The summed E-state index contributed by atoms with van der Waals surface area (Å²) in [6.45, 7) is 9.40. The summed E-state index contributed by atoms with van der Waals surface area (Å²) in [6.07, 6.45) is 7.19. The Kier molecular flexibility index (Phi) is 6.10. The fourth-order valence-corrected chi connectivity index (χ4v) is 4.84. The van der Waals surface area contributed by atoms with Gasteiger partial charge in [0.15, 0.2) is 0 Å². The predicted octanol–water partition coefficient (Wildman–Crippen LogP) is 0.813. The number of piperidine rings is 1. The van der Waals surface area contributed by atoms with Crippen molar-refractivity contribution in [1.82, 2.24) is 24.3 Å². The van der Waals surface area contributed by atoms with Crippen LogP contribution in [0.25, 0.3) is 0 Å². The second-order valence-electron chi connectivity index (χ2n) is 8.39. The summed E-state index contributed by atoms with van der Waals surface area (Å²) in [5.41, 5.74) is 0. The third-order valence-electron chi connectivity index (χ3n) is 6.29. The minimum absolute atomic E-state index is 0.128. The van der Waals surface area contributed by atoms with Crippen LogP contribution in [0.15, 0.2) is 12.4 Å². The second-order valence-corrected chi connectivity index (χ2v) is 8.39. The molecule has 3 aliphatic heterocycles. The van der Waals surface area contributed by atoms with Crippen LogP contribution >= 0.6 is 0 Å². The Labute approximate surface area is 162 Å². The van der Waals surface area contributed by atoms with E-state index < -0.39 is 0 Å². The van der Waals surface area contributed by atoms with Crippen LogP contribution in [-0.4, -0.2) is 89.2 Å². The molecule has 1 amide bonds. The fourth-order valence-electron chi connectivity index (χ4n) is 4.84. The molecule has 7 nitrogen and oxygen atoms in total. The van der Waals surface area contributed by atoms with Crippen LogP contribution < -0.4 is 0 Å². The Morgan fingerprint density at radius 3 is 2.63 bits per heavy atom. The molecule has 27 heavy (non-hydrogen) atoms. The lowest BCUT2D eigenvalue weighted by Crippen LogP contribution is -2.50. The smallest absolute Gasteiger partial charge is 0.226 e. The first-order valence-electron chi connectivity index (χ1n) is 10.5. The van der Waals surface area contributed by atoms with E-state index in [1.807, 2.05) is 19.4 Å². The Morgan fingerprint density at radius 1 is 1.15 bits per heavy atom. The zero-order valence-electron chi connectivity index (χ0n) is 16.6. The van der Waals surface area contributed by atoms with Crippen molar-refractivity contribution in [2.75, 3.05) is 59.0 Å². The number of imidazole rings is 1. The Balaban J connectivity index is 1.43. The first kappa shape index (κ1) is 18.9. The molecule has 0 aliphatic carbocycles. The molecule has 0 unspecified atom stereocenters. The predicted molar refractivity (Wildman–Crippen MR) is 103 cm³/mol. The summed E-state index contributed by atoms with van der Waals surface area (Å²) in [5, 5.41) is 0. The largest absolute Gasteiger partial charge is 0.379 e. The lowest BCUT2D eigenvalue weighted by molar-refractivity contribution is -0.137. The minimum atomic E-state index is 0.128. The van der Waals surface area contributed by atoms with Gasteiger partial charge in [0.2, 0.25) is 5.91 Å². The average molecular weight is 376 g/mol. The average Bonchev–Trinajstić information content (AvgIpc) is 3.34. The van der Waals surface area contributed by atoms with Crippen LogP contribution in [0.2, 0.25) is 0 Å². The van der Waals surface area contributed by atoms with E-state index in [0.29, 0.717) is 11.8 Å². The van der Waals surface area contributed by atoms with E-state index in [2.05, 4.69) is 24.3 Å². The van der Waals surface area contributed by atoms with Crippen molar-refractivity contribution in [3.63, 3.8) is 0 Å². The molecule has 150 valence electrons. The molecule has 3 saturated heterocycles. The number of hydrogen-bond donors (Lipinski definition) is 0. The number of nitrogens with zero attached hydrogens (tertiary/aromatic N) is 5. The number of likely N-dealkylation sites (tertiary alicyclic amines) is 2. The van der Waals surface area contributed by atoms with Gasteiger partial charge in [0, 0.05) is 65.3 Å². The third-order valence-corrected chi connectivity index (χ3v) is 6.29. The summed E-state index contributed by atoms with van der Waals surface area (Å²) in [7, 11) is 2.05. The number of amides is 1. The third kappa shape index (κ3) is 4.70. The topological polar surface area (TPSA) is 53.8 Å². The molecule has 4 rings (SSSR count). The van der Waals surface area contributed by atoms with E-state index in [1.54, 1.807) is 0 Å². The highest BCUT2D eigenvalue weighted by Gasteiger charge is 2.35. The molecule has 1 aromatic rings. The van der Waals surface area contributed by atoms with Crippen LogP contribution in [0.3, 0.4) is 0 Å². The quantitative estimate of drug-likeness (QED) is 0.763. The van der Waals surface area contributed by atoms with Crippen molar-refractivity contribution in [2.24, 2.45) is 18.9 Å². The van der Waals surface area contributed by atoms with Gasteiger partial charge < -0.3 is 14.2 Å². The summed E-state index contributed by atoms with van der Waals surface area (Å²) in [6, 6.07) is 0. The van der Waals surface area contributed by atoms with E-state index in [0.717, 1.165) is 90.7 Å². The number of ether oxygens (including phenoxy) is 1. The Bertz CT molecular complexity index is 622. The Morgan fingerprint density at radius 2 is 1.93 bits per heavy atom. The molecular weight excluding hydrogens is 342 g/mol. The van der Waals surface area contributed by atoms with Gasteiger partial charge in [-0.25, -0.2) is 4.98 Å². The lowest BCUT2D eigenvalue weighted by Gasteiger charge is -2.40. The van der Waals surface area contributed by atoms with E-state index in [-0.39, 0.29) is 5.92 Å². The summed E-state index contributed by atoms with van der Waals surface area (Å²) in [5.74, 6) is 2.12. The first-order valence-corrected chi connectivity index (χ1v) is 10.5. The van der Waals surface area contributed by atoms with Gasteiger partial charge in [0.1, 0.15) is 5.82 Å². The molecular formula is C20H33N5O2. The highest BCUT2D eigenvalue weighted by Crippen LogP contribution is 2.27. The molecule has 3 aliphatic rings. The standard InChI is InChI=1S/C20H33N5O2/c1-22-7-4-21-19(22)16-24-14-17(13-23-8-10-27-11-9-23)12-18(15-24)20(26)25-5-2-3-6-25/h4,7,17-18H,2-3,5-6,8-16H2,1H3/t17-,18-/m1/s1. The zero-order valence-corrected chi connectivity index (χ0v) is 16.6. The van der Waals surface area contributed by atoms with Gasteiger partial charge in [-0.3, -0.25) is 14.6 Å². The van der Waals surface area contributed by atoms with Crippen LogP contribution in [0, 0.1) is 11.8 Å². The van der Waals surface area contributed by atoms with Crippen molar-refractivity contribution in [3.05, 3.63) is 18.2 Å². The molecule has 0 bridgehead atoms. The Hall–Kier alpha value is -1.44. The fraction of sp³-hybridized carbons (Fsp3) is 0.800. The molecule has 0 N–H and O–H groups in total. The summed E-state index contributed by atoms with van der Waals surface area (Å²) in [4.78, 5) is 24.7.